The first kappa shape index (κ1) is 24.0. The smallest absolute Gasteiger partial charge is 0.315 e. The van der Waals surface area contributed by atoms with Gasteiger partial charge in [-0.05, 0) is 56.4 Å². The summed E-state index contributed by atoms with van der Waals surface area (Å²) in [5.74, 6) is -1.94. The molecule has 0 spiro atoms. The van der Waals surface area contributed by atoms with Crippen molar-refractivity contribution in [3.05, 3.63) is 69.9 Å². The van der Waals surface area contributed by atoms with E-state index >= 15 is 0 Å². The Labute approximate surface area is 204 Å². The van der Waals surface area contributed by atoms with Crippen LogP contribution in [0.5, 0.6) is 11.5 Å². The molecule has 4 rings (SSSR count). The van der Waals surface area contributed by atoms with Crippen LogP contribution >= 0.6 is 11.6 Å². The van der Waals surface area contributed by atoms with Gasteiger partial charge in [0.1, 0.15) is 5.92 Å². The molecule has 6 nitrogen and oxygen atoms in total. The van der Waals surface area contributed by atoms with E-state index in [9.17, 15) is 14.7 Å². The molecule has 1 aliphatic carbocycles. The fraction of sp³-hybridized carbons (Fsp3) is 0.370. The number of rotatable bonds is 5. The van der Waals surface area contributed by atoms with Gasteiger partial charge in [-0.2, -0.15) is 0 Å². The first-order chi connectivity index (χ1) is 16.2. The number of benzene rings is 2. The first-order valence-electron chi connectivity index (χ1n) is 11.3. The third kappa shape index (κ3) is 4.47. The lowest BCUT2D eigenvalue weighted by Crippen LogP contribution is -2.38. The van der Waals surface area contributed by atoms with E-state index in [1.807, 2.05) is 30.3 Å². The van der Waals surface area contributed by atoms with Gasteiger partial charge in [-0.25, -0.2) is 0 Å². The number of phenolic OH excluding ortho intramolecular Hbond substituents is 1. The van der Waals surface area contributed by atoms with Crippen molar-refractivity contribution in [2.24, 2.45) is 10.9 Å². The van der Waals surface area contributed by atoms with E-state index in [2.05, 4.69) is 0 Å². The van der Waals surface area contributed by atoms with Crippen molar-refractivity contribution in [3.8, 4) is 11.5 Å². The first-order valence-corrected chi connectivity index (χ1v) is 11.7. The van der Waals surface area contributed by atoms with Crippen LogP contribution in [0.4, 0.5) is 0 Å². The lowest BCUT2D eigenvalue weighted by molar-refractivity contribution is -0.150. The molecule has 178 valence electrons. The van der Waals surface area contributed by atoms with E-state index in [4.69, 9.17) is 26.1 Å². The van der Waals surface area contributed by atoms with Gasteiger partial charge in [0.2, 0.25) is 0 Å². The molecule has 3 atom stereocenters. The summed E-state index contributed by atoms with van der Waals surface area (Å²) in [6.07, 6.45) is 0.593. The van der Waals surface area contributed by atoms with Crippen molar-refractivity contribution in [1.29, 1.82) is 0 Å². The van der Waals surface area contributed by atoms with Crippen molar-refractivity contribution < 1.29 is 24.2 Å². The molecule has 2 aromatic carbocycles. The number of hydrogen-bond donors (Lipinski definition) is 1. The summed E-state index contributed by atoms with van der Waals surface area (Å²) in [4.78, 5) is 31.6. The summed E-state index contributed by atoms with van der Waals surface area (Å²) in [5, 5.41) is 10.3. The number of carbonyl (C=O) groups is 2. The molecule has 0 saturated heterocycles. The SMILES string of the molecule is COc1cc([C@@H]2C3=C(C[C@H](c4ccccc4)CC3=O)N=C(C)C2C(=O)OC(C)C)cc(Cl)c1O. The number of Topliss-reactive ketones (excluding diaryl/α,β-unsaturated/α-hetero) is 1. The van der Waals surface area contributed by atoms with Crippen LogP contribution in [0, 0.1) is 5.92 Å². The highest BCUT2D eigenvalue weighted by molar-refractivity contribution is 6.32. The second-order valence-corrected chi connectivity index (χ2v) is 9.45. The van der Waals surface area contributed by atoms with Crippen LogP contribution < -0.4 is 4.74 Å². The monoisotopic (exact) mass is 481 g/mol. The van der Waals surface area contributed by atoms with Crippen LogP contribution in [0.3, 0.4) is 0 Å². The summed E-state index contributed by atoms with van der Waals surface area (Å²) in [6, 6.07) is 13.1. The van der Waals surface area contributed by atoms with Gasteiger partial charge in [-0.1, -0.05) is 41.9 Å². The van der Waals surface area contributed by atoms with Gasteiger partial charge in [0.15, 0.2) is 17.3 Å². The van der Waals surface area contributed by atoms with E-state index in [0.29, 0.717) is 35.4 Å². The lowest BCUT2D eigenvalue weighted by atomic mass is 9.69. The number of carbonyl (C=O) groups excluding carboxylic acids is 2. The van der Waals surface area contributed by atoms with Crippen molar-refractivity contribution in [1.82, 2.24) is 0 Å². The topological polar surface area (TPSA) is 85.2 Å². The number of aromatic hydroxyl groups is 1. The average molecular weight is 482 g/mol. The van der Waals surface area contributed by atoms with Gasteiger partial charge in [0, 0.05) is 29.3 Å². The highest BCUT2D eigenvalue weighted by Gasteiger charge is 2.45. The number of ether oxygens (including phenoxy) is 2. The molecule has 0 fully saturated rings. The maximum atomic E-state index is 13.6. The predicted molar refractivity (Wildman–Crippen MR) is 131 cm³/mol. The molecular formula is C27H28ClNO5. The molecule has 2 aliphatic rings. The summed E-state index contributed by atoms with van der Waals surface area (Å²) in [7, 11) is 1.42. The number of allylic oxidation sites excluding steroid dienone is 2. The van der Waals surface area contributed by atoms with E-state index in [1.165, 1.54) is 7.11 Å². The van der Waals surface area contributed by atoms with Crippen LogP contribution in [-0.2, 0) is 14.3 Å². The van der Waals surface area contributed by atoms with Crippen LogP contribution in [0.2, 0.25) is 5.02 Å². The number of halogens is 1. The third-order valence-electron chi connectivity index (χ3n) is 6.40. The maximum absolute atomic E-state index is 13.6. The van der Waals surface area contributed by atoms with E-state index in [0.717, 1.165) is 5.56 Å². The highest BCUT2D eigenvalue weighted by atomic mass is 35.5. The molecule has 1 aliphatic heterocycles. The van der Waals surface area contributed by atoms with Crippen LogP contribution in [0.15, 0.2) is 58.7 Å². The number of aliphatic imine (C=N–C) groups is 1. The highest BCUT2D eigenvalue weighted by Crippen LogP contribution is 2.49. The fourth-order valence-corrected chi connectivity index (χ4v) is 5.14. The summed E-state index contributed by atoms with van der Waals surface area (Å²) in [5.41, 5.74) is 3.46. The molecule has 2 aromatic rings. The molecular weight excluding hydrogens is 454 g/mol. The minimum absolute atomic E-state index is 0.0155. The second kappa shape index (κ2) is 9.63. The Morgan fingerprint density at radius 3 is 2.50 bits per heavy atom. The molecule has 0 radical (unpaired) electrons. The van der Waals surface area contributed by atoms with Gasteiger partial charge >= 0.3 is 5.97 Å². The van der Waals surface area contributed by atoms with Crippen molar-refractivity contribution in [2.45, 2.75) is 51.6 Å². The molecule has 0 saturated carbocycles. The molecule has 0 amide bonds. The Balaban J connectivity index is 1.86. The zero-order valence-electron chi connectivity index (χ0n) is 19.7. The Morgan fingerprint density at radius 1 is 1.15 bits per heavy atom. The number of hydrogen-bond acceptors (Lipinski definition) is 6. The fourth-order valence-electron chi connectivity index (χ4n) is 4.92. The lowest BCUT2D eigenvalue weighted by Gasteiger charge is -2.37. The third-order valence-corrected chi connectivity index (χ3v) is 6.68. The Morgan fingerprint density at radius 2 is 1.85 bits per heavy atom. The zero-order chi connectivity index (χ0) is 24.6. The minimum atomic E-state index is -0.788. The number of methoxy groups -OCH3 is 1. The number of nitrogens with zero attached hydrogens (tertiary/aromatic N) is 1. The van der Waals surface area contributed by atoms with Gasteiger partial charge in [0.25, 0.3) is 0 Å². The largest absolute Gasteiger partial charge is 0.503 e. The average Bonchev–Trinajstić information content (AvgIpc) is 2.79. The van der Waals surface area contributed by atoms with Gasteiger partial charge < -0.3 is 14.6 Å². The molecule has 0 bridgehead atoms. The van der Waals surface area contributed by atoms with Gasteiger partial charge in [-0.15, -0.1) is 0 Å². The summed E-state index contributed by atoms with van der Waals surface area (Å²) in [6.45, 7) is 5.35. The second-order valence-electron chi connectivity index (χ2n) is 9.05. The van der Waals surface area contributed by atoms with E-state index in [-0.39, 0.29) is 34.3 Å². The van der Waals surface area contributed by atoms with Crippen LogP contribution in [0.25, 0.3) is 0 Å². The van der Waals surface area contributed by atoms with E-state index in [1.54, 1.807) is 32.9 Å². The number of ketones is 1. The maximum Gasteiger partial charge on any atom is 0.315 e. The van der Waals surface area contributed by atoms with Crippen LogP contribution in [-0.4, -0.2) is 35.8 Å². The molecule has 34 heavy (non-hydrogen) atoms. The summed E-state index contributed by atoms with van der Waals surface area (Å²) < 4.78 is 10.9. The van der Waals surface area contributed by atoms with Gasteiger partial charge in [0.05, 0.1) is 18.2 Å². The Bertz CT molecular complexity index is 1190. The zero-order valence-corrected chi connectivity index (χ0v) is 20.4. The molecule has 0 aromatic heterocycles. The van der Waals surface area contributed by atoms with Crippen molar-refractivity contribution >= 4 is 29.1 Å². The minimum Gasteiger partial charge on any atom is -0.503 e. The Kier molecular flexibility index (Phi) is 6.80. The quantitative estimate of drug-likeness (QED) is 0.563. The van der Waals surface area contributed by atoms with Gasteiger partial charge in [-0.3, -0.25) is 14.6 Å². The molecule has 7 heteroatoms. The number of esters is 1. The summed E-state index contributed by atoms with van der Waals surface area (Å²) >= 11 is 6.30. The van der Waals surface area contributed by atoms with E-state index < -0.39 is 17.8 Å². The number of phenols is 1. The molecule has 1 unspecified atom stereocenters. The molecule has 1 heterocycles. The normalized spacial score (nSPS) is 22.4. The van der Waals surface area contributed by atoms with Crippen LogP contribution in [0.1, 0.15) is 56.6 Å². The predicted octanol–water partition coefficient (Wildman–Crippen LogP) is 5.58. The molecule has 1 N–H and O–H groups in total. The standard InChI is InChI=1S/C27H28ClNO5/c1-14(2)34-27(32)23-15(3)29-20-11-17(16-8-6-5-7-9-16)12-21(30)25(20)24(23)18-10-19(28)26(31)22(13-18)33-4/h5-10,13-14,17,23-24,31H,11-12H2,1-4H3/t17-,23?,24-/m0/s1. The Hall–Kier alpha value is -3.12. The van der Waals surface area contributed by atoms with Crippen molar-refractivity contribution in [3.63, 3.8) is 0 Å². The van der Waals surface area contributed by atoms with Crippen molar-refractivity contribution in [2.75, 3.05) is 7.11 Å².